The van der Waals surface area contributed by atoms with E-state index >= 15 is 0 Å². The van der Waals surface area contributed by atoms with Gasteiger partial charge in [-0.2, -0.15) is 4.31 Å². The van der Waals surface area contributed by atoms with Gasteiger partial charge in [-0.15, -0.1) is 0 Å². The van der Waals surface area contributed by atoms with Crippen molar-refractivity contribution in [3.8, 4) is 0 Å². The van der Waals surface area contributed by atoms with Crippen LogP contribution in [0, 0.1) is 0 Å². The van der Waals surface area contributed by atoms with E-state index in [1.54, 1.807) is 19.3 Å². The van der Waals surface area contributed by atoms with Gasteiger partial charge in [0.2, 0.25) is 10.0 Å². The van der Waals surface area contributed by atoms with Crippen LogP contribution in [0.3, 0.4) is 0 Å². The molecule has 0 spiro atoms. The number of sulfonamides is 1. The van der Waals surface area contributed by atoms with Gasteiger partial charge in [-0.3, -0.25) is 0 Å². The molecule has 0 aliphatic heterocycles. The molecule has 0 bridgehead atoms. The zero-order valence-electron chi connectivity index (χ0n) is 13.2. The van der Waals surface area contributed by atoms with Gasteiger partial charge in [0.15, 0.2) is 0 Å². The van der Waals surface area contributed by atoms with E-state index in [-0.39, 0.29) is 6.04 Å². The zero-order chi connectivity index (χ0) is 15.3. The maximum Gasteiger partial charge on any atom is 0.244 e. The Labute approximate surface area is 123 Å². The summed E-state index contributed by atoms with van der Waals surface area (Å²) >= 11 is 0. The summed E-state index contributed by atoms with van der Waals surface area (Å²) in [4.78, 5) is 0.388. The van der Waals surface area contributed by atoms with Crippen molar-refractivity contribution in [2.75, 3.05) is 14.1 Å². The minimum absolute atomic E-state index is 0.0535. The Morgan fingerprint density at radius 3 is 2.35 bits per heavy atom. The maximum atomic E-state index is 12.7. The lowest BCUT2D eigenvalue weighted by Gasteiger charge is -2.24. The van der Waals surface area contributed by atoms with Crippen LogP contribution in [0.4, 0.5) is 0 Å². The van der Waals surface area contributed by atoms with E-state index in [1.165, 1.54) is 4.31 Å². The molecule has 0 aliphatic carbocycles. The number of aromatic nitrogens is 1. The third-order valence-corrected chi connectivity index (χ3v) is 5.67. The van der Waals surface area contributed by atoms with Crippen molar-refractivity contribution in [3.63, 3.8) is 0 Å². The number of hydrogen-bond donors (Lipinski definition) is 1. The molecule has 6 heteroatoms. The summed E-state index contributed by atoms with van der Waals surface area (Å²) in [5.41, 5.74) is 0.992. The first-order valence-corrected chi connectivity index (χ1v) is 8.67. The molecule has 0 saturated heterocycles. The lowest BCUT2D eigenvalue weighted by atomic mass is 10.2. The fraction of sp³-hybridized carbons (Fsp3) is 0.714. The van der Waals surface area contributed by atoms with Crippen LogP contribution in [0.1, 0.15) is 39.3 Å². The second-order valence-electron chi connectivity index (χ2n) is 4.98. The third kappa shape index (κ3) is 3.42. The molecule has 0 aliphatic rings. The summed E-state index contributed by atoms with van der Waals surface area (Å²) in [6.07, 6.45) is 3.38. The Hall–Kier alpha value is -0.850. The van der Waals surface area contributed by atoms with Crippen molar-refractivity contribution in [1.82, 2.24) is 14.2 Å². The van der Waals surface area contributed by atoms with Crippen LogP contribution in [0.25, 0.3) is 0 Å². The summed E-state index contributed by atoms with van der Waals surface area (Å²) in [5.74, 6) is 0. The fourth-order valence-corrected chi connectivity index (χ4v) is 4.02. The molecule has 0 radical (unpaired) electrons. The monoisotopic (exact) mass is 301 g/mol. The molecular weight excluding hydrogens is 274 g/mol. The lowest BCUT2D eigenvalue weighted by Crippen LogP contribution is -2.36. The van der Waals surface area contributed by atoms with Gasteiger partial charge in [0.25, 0.3) is 0 Å². The molecule has 0 saturated carbocycles. The van der Waals surface area contributed by atoms with E-state index in [1.807, 2.05) is 32.4 Å². The number of nitrogens with zero attached hydrogens (tertiary/aromatic N) is 2. The van der Waals surface area contributed by atoms with E-state index in [4.69, 9.17) is 0 Å². The zero-order valence-corrected chi connectivity index (χ0v) is 14.0. The third-order valence-electron chi connectivity index (χ3n) is 3.79. The van der Waals surface area contributed by atoms with Crippen LogP contribution in [-0.2, 0) is 23.1 Å². The summed E-state index contributed by atoms with van der Waals surface area (Å²) < 4.78 is 28.8. The average molecular weight is 301 g/mol. The van der Waals surface area contributed by atoms with Gasteiger partial charge in [-0.1, -0.05) is 13.8 Å². The molecule has 116 valence electrons. The first kappa shape index (κ1) is 17.2. The highest BCUT2D eigenvalue weighted by molar-refractivity contribution is 7.89. The quantitative estimate of drug-likeness (QED) is 0.799. The van der Waals surface area contributed by atoms with Crippen molar-refractivity contribution in [2.45, 2.75) is 57.6 Å². The number of nitrogens with one attached hydrogen (secondary N) is 1. The summed E-state index contributed by atoms with van der Waals surface area (Å²) in [6, 6.07) is 1.83. The van der Waals surface area contributed by atoms with E-state index in [0.29, 0.717) is 11.4 Å². The molecule has 1 rings (SSSR count). The van der Waals surface area contributed by atoms with Crippen LogP contribution in [0.15, 0.2) is 17.2 Å². The average Bonchev–Trinajstić information content (AvgIpc) is 2.84. The van der Waals surface area contributed by atoms with Gasteiger partial charge >= 0.3 is 0 Å². The highest BCUT2D eigenvalue weighted by atomic mass is 32.2. The standard InChI is InChI=1S/C14H27N3O2S/c1-6-12(7-2)16(5)20(18,19)14-9-13(10-15-4)17(8-3)11-14/h9,11-12,15H,6-8,10H2,1-5H3. The Kier molecular flexibility index (Phi) is 6.23. The molecule has 1 aromatic rings. The van der Waals surface area contributed by atoms with E-state index in [0.717, 1.165) is 25.1 Å². The molecule has 1 heterocycles. The van der Waals surface area contributed by atoms with Crippen molar-refractivity contribution >= 4 is 10.0 Å². The molecule has 0 aromatic carbocycles. The van der Waals surface area contributed by atoms with Crippen molar-refractivity contribution in [1.29, 1.82) is 0 Å². The lowest BCUT2D eigenvalue weighted by molar-refractivity contribution is 0.349. The van der Waals surface area contributed by atoms with Gasteiger partial charge in [-0.05, 0) is 32.9 Å². The molecule has 0 unspecified atom stereocenters. The van der Waals surface area contributed by atoms with Crippen LogP contribution < -0.4 is 5.32 Å². The van der Waals surface area contributed by atoms with Crippen LogP contribution in [0.5, 0.6) is 0 Å². The molecule has 1 N–H and O–H groups in total. The number of rotatable bonds is 8. The highest BCUT2D eigenvalue weighted by Crippen LogP contribution is 2.22. The van der Waals surface area contributed by atoms with Crippen LogP contribution >= 0.6 is 0 Å². The molecule has 20 heavy (non-hydrogen) atoms. The molecular formula is C14H27N3O2S. The fourth-order valence-electron chi connectivity index (χ4n) is 2.46. The largest absolute Gasteiger partial charge is 0.349 e. The van der Waals surface area contributed by atoms with Gasteiger partial charge in [0.05, 0.1) is 0 Å². The molecule has 0 fully saturated rings. The SMILES string of the molecule is CCC(CC)N(C)S(=O)(=O)c1cc(CNC)n(CC)c1. The minimum Gasteiger partial charge on any atom is -0.349 e. The highest BCUT2D eigenvalue weighted by Gasteiger charge is 2.27. The first-order valence-electron chi connectivity index (χ1n) is 7.23. The van der Waals surface area contributed by atoms with E-state index < -0.39 is 10.0 Å². The predicted octanol–water partition coefficient (Wildman–Crippen LogP) is 2.04. The van der Waals surface area contributed by atoms with Gasteiger partial charge < -0.3 is 9.88 Å². The number of hydrogen-bond acceptors (Lipinski definition) is 3. The van der Waals surface area contributed by atoms with E-state index in [9.17, 15) is 8.42 Å². The summed E-state index contributed by atoms with van der Waals surface area (Å²) in [5, 5.41) is 3.07. The van der Waals surface area contributed by atoms with Crippen LogP contribution in [0.2, 0.25) is 0 Å². The smallest absolute Gasteiger partial charge is 0.244 e. The van der Waals surface area contributed by atoms with Crippen LogP contribution in [-0.4, -0.2) is 37.4 Å². The molecule has 5 nitrogen and oxygen atoms in total. The maximum absolute atomic E-state index is 12.7. The topological polar surface area (TPSA) is 54.3 Å². The summed E-state index contributed by atoms with van der Waals surface area (Å²) in [6.45, 7) is 7.48. The second kappa shape index (κ2) is 7.24. The normalized spacial score (nSPS) is 12.6. The van der Waals surface area contributed by atoms with Gasteiger partial charge in [-0.25, -0.2) is 8.42 Å². The summed E-state index contributed by atoms with van der Waals surface area (Å²) in [7, 11) is 0.126. The first-order chi connectivity index (χ1) is 9.42. The second-order valence-corrected chi connectivity index (χ2v) is 6.97. The number of aryl methyl sites for hydroxylation is 1. The molecule has 0 atom stereocenters. The predicted molar refractivity (Wildman–Crippen MR) is 82.2 cm³/mol. The van der Waals surface area contributed by atoms with Crippen molar-refractivity contribution in [2.24, 2.45) is 0 Å². The van der Waals surface area contributed by atoms with Crippen molar-refractivity contribution in [3.05, 3.63) is 18.0 Å². The van der Waals surface area contributed by atoms with E-state index in [2.05, 4.69) is 5.32 Å². The minimum atomic E-state index is -3.41. The Morgan fingerprint density at radius 2 is 1.90 bits per heavy atom. The van der Waals surface area contributed by atoms with Gasteiger partial charge in [0, 0.05) is 38.1 Å². The molecule has 0 amide bonds. The van der Waals surface area contributed by atoms with Gasteiger partial charge in [0.1, 0.15) is 4.90 Å². The Morgan fingerprint density at radius 1 is 1.30 bits per heavy atom. The Balaban J connectivity index is 3.15. The van der Waals surface area contributed by atoms with Crippen molar-refractivity contribution < 1.29 is 8.42 Å². The Bertz CT molecular complexity index is 519. The molecule has 1 aromatic heterocycles.